The molecule has 0 aromatic rings. The van der Waals surface area contributed by atoms with Crippen LogP contribution in [0.3, 0.4) is 0 Å². The summed E-state index contributed by atoms with van der Waals surface area (Å²) in [6, 6.07) is 0. The standard InChI is InChI=1S/C13H22O5/c1-10-11(14)9-18-13(10,17)8-6-4-2-3-5-7-12(15)16/h11,14,17H,1-9H2,(H,15,16)/t11-,13-/m0/s1. The van der Waals surface area contributed by atoms with Gasteiger partial charge in [-0.15, -0.1) is 0 Å². The quantitative estimate of drug-likeness (QED) is 0.453. The molecule has 1 fully saturated rings. The fourth-order valence-corrected chi connectivity index (χ4v) is 2.07. The largest absolute Gasteiger partial charge is 0.481 e. The van der Waals surface area contributed by atoms with E-state index in [0.717, 1.165) is 25.7 Å². The maximum atomic E-state index is 10.3. The summed E-state index contributed by atoms with van der Waals surface area (Å²) in [7, 11) is 0. The molecule has 0 unspecified atom stereocenters. The molecule has 0 bridgehead atoms. The monoisotopic (exact) mass is 258 g/mol. The van der Waals surface area contributed by atoms with Crippen LogP contribution in [0.4, 0.5) is 0 Å². The van der Waals surface area contributed by atoms with E-state index in [9.17, 15) is 15.0 Å². The van der Waals surface area contributed by atoms with E-state index in [2.05, 4.69) is 6.58 Å². The van der Waals surface area contributed by atoms with Crippen LogP contribution in [0.5, 0.6) is 0 Å². The van der Waals surface area contributed by atoms with Crippen molar-refractivity contribution in [2.45, 2.75) is 56.8 Å². The highest BCUT2D eigenvalue weighted by Crippen LogP contribution is 2.32. The topological polar surface area (TPSA) is 87.0 Å². The van der Waals surface area contributed by atoms with Crippen molar-refractivity contribution in [3.05, 3.63) is 12.2 Å². The Hall–Kier alpha value is -0.910. The Balaban J connectivity index is 2.08. The second-order valence-electron chi connectivity index (χ2n) is 4.80. The predicted molar refractivity (Wildman–Crippen MR) is 66.0 cm³/mol. The number of aliphatic hydroxyl groups excluding tert-OH is 1. The first kappa shape index (κ1) is 15.1. The lowest BCUT2D eigenvalue weighted by molar-refractivity contribution is -0.153. The Morgan fingerprint density at radius 3 is 2.50 bits per heavy atom. The number of aliphatic carboxylic acids is 1. The molecule has 2 atom stereocenters. The maximum Gasteiger partial charge on any atom is 0.303 e. The van der Waals surface area contributed by atoms with Gasteiger partial charge in [0.25, 0.3) is 0 Å². The van der Waals surface area contributed by atoms with Crippen LogP contribution >= 0.6 is 0 Å². The molecular weight excluding hydrogens is 236 g/mol. The lowest BCUT2D eigenvalue weighted by Gasteiger charge is -2.22. The summed E-state index contributed by atoms with van der Waals surface area (Å²) in [5, 5.41) is 27.9. The number of carbonyl (C=O) groups is 1. The van der Waals surface area contributed by atoms with Gasteiger partial charge < -0.3 is 20.1 Å². The Morgan fingerprint density at radius 2 is 1.94 bits per heavy atom. The SMILES string of the molecule is C=C1[C@@H](O)CO[C@@]1(O)CCCCCCCC(=O)O. The molecule has 1 saturated heterocycles. The van der Waals surface area contributed by atoms with Crippen LogP contribution in [-0.4, -0.2) is 39.8 Å². The van der Waals surface area contributed by atoms with E-state index in [-0.39, 0.29) is 13.0 Å². The molecule has 0 aliphatic carbocycles. The van der Waals surface area contributed by atoms with E-state index in [1.54, 1.807) is 0 Å². The number of rotatable bonds is 8. The average molecular weight is 258 g/mol. The van der Waals surface area contributed by atoms with Crippen molar-refractivity contribution in [3.63, 3.8) is 0 Å². The first-order valence-corrected chi connectivity index (χ1v) is 6.41. The fraction of sp³-hybridized carbons (Fsp3) is 0.769. The molecule has 0 aromatic carbocycles. The van der Waals surface area contributed by atoms with Crippen molar-refractivity contribution in [1.29, 1.82) is 0 Å². The maximum absolute atomic E-state index is 10.3. The molecule has 18 heavy (non-hydrogen) atoms. The first-order chi connectivity index (χ1) is 8.46. The molecule has 1 rings (SSSR count). The van der Waals surface area contributed by atoms with Gasteiger partial charge in [0, 0.05) is 18.4 Å². The summed E-state index contributed by atoms with van der Waals surface area (Å²) in [6.07, 6.45) is 4.09. The molecule has 1 heterocycles. The van der Waals surface area contributed by atoms with Gasteiger partial charge in [0.1, 0.15) is 6.10 Å². The number of carboxylic acids is 1. The van der Waals surface area contributed by atoms with Gasteiger partial charge in [0.2, 0.25) is 0 Å². The van der Waals surface area contributed by atoms with Crippen LogP contribution in [0.2, 0.25) is 0 Å². The number of unbranched alkanes of at least 4 members (excludes halogenated alkanes) is 4. The third-order valence-electron chi connectivity index (χ3n) is 3.29. The van der Waals surface area contributed by atoms with Gasteiger partial charge in [-0.1, -0.05) is 25.8 Å². The number of ether oxygens (including phenoxy) is 1. The molecule has 1 aliphatic rings. The van der Waals surface area contributed by atoms with Gasteiger partial charge >= 0.3 is 5.97 Å². The van der Waals surface area contributed by atoms with Crippen molar-refractivity contribution < 1.29 is 24.9 Å². The van der Waals surface area contributed by atoms with E-state index in [4.69, 9.17) is 9.84 Å². The Morgan fingerprint density at radius 1 is 1.33 bits per heavy atom. The minimum Gasteiger partial charge on any atom is -0.481 e. The van der Waals surface area contributed by atoms with Gasteiger partial charge in [-0.2, -0.15) is 0 Å². The average Bonchev–Trinajstić information content (AvgIpc) is 2.56. The van der Waals surface area contributed by atoms with Crippen molar-refractivity contribution in [1.82, 2.24) is 0 Å². The first-order valence-electron chi connectivity index (χ1n) is 6.41. The van der Waals surface area contributed by atoms with Crippen molar-refractivity contribution in [3.8, 4) is 0 Å². The predicted octanol–water partition coefficient (Wildman–Crippen LogP) is 1.44. The number of aliphatic hydroxyl groups is 2. The summed E-state index contributed by atoms with van der Waals surface area (Å²) >= 11 is 0. The van der Waals surface area contributed by atoms with Crippen LogP contribution in [0, 0.1) is 0 Å². The van der Waals surface area contributed by atoms with E-state index >= 15 is 0 Å². The molecule has 0 spiro atoms. The van der Waals surface area contributed by atoms with Gasteiger partial charge in [0.15, 0.2) is 5.79 Å². The number of hydrogen-bond acceptors (Lipinski definition) is 4. The fourth-order valence-electron chi connectivity index (χ4n) is 2.07. The van der Waals surface area contributed by atoms with Crippen molar-refractivity contribution >= 4 is 5.97 Å². The van der Waals surface area contributed by atoms with Crippen LogP contribution in [0.15, 0.2) is 12.2 Å². The zero-order chi connectivity index (χ0) is 13.6. The normalized spacial score (nSPS) is 27.7. The molecule has 5 heteroatoms. The Labute approximate surface area is 107 Å². The molecule has 104 valence electrons. The summed E-state index contributed by atoms with van der Waals surface area (Å²) in [5.74, 6) is -2.13. The van der Waals surface area contributed by atoms with Crippen molar-refractivity contribution in [2.75, 3.05) is 6.61 Å². The minimum atomic E-state index is -1.37. The van der Waals surface area contributed by atoms with Gasteiger partial charge in [0.05, 0.1) is 6.61 Å². The van der Waals surface area contributed by atoms with Crippen LogP contribution in [-0.2, 0) is 9.53 Å². The Kier molecular flexibility index (Phi) is 5.78. The van der Waals surface area contributed by atoms with Crippen molar-refractivity contribution in [2.24, 2.45) is 0 Å². The lowest BCUT2D eigenvalue weighted by Crippen LogP contribution is -2.29. The smallest absolute Gasteiger partial charge is 0.303 e. The summed E-state index contributed by atoms with van der Waals surface area (Å²) in [4.78, 5) is 10.3. The minimum absolute atomic E-state index is 0.105. The van der Waals surface area contributed by atoms with Crippen LogP contribution in [0.1, 0.15) is 44.9 Å². The third-order valence-corrected chi connectivity index (χ3v) is 3.29. The second kappa shape index (κ2) is 6.87. The third kappa shape index (κ3) is 4.40. The number of hydrogen-bond donors (Lipinski definition) is 3. The highest BCUT2D eigenvalue weighted by Gasteiger charge is 2.41. The molecule has 0 aromatic heterocycles. The zero-order valence-electron chi connectivity index (χ0n) is 10.6. The molecule has 3 N–H and O–H groups in total. The Bertz CT molecular complexity index is 302. The molecule has 1 aliphatic heterocycles. The van der Waals surface area contributed by atoms with E-state index in [1.807, 2.05) is 0 Å². The highest BCUT2D eigenvalue weighted by molar-refractivity contribution is 5.66. The molecule has 0 saturated carbocycles. The molecule has 0 radical (unpaired) electrons. The molecule has 0 amide bonds. The van der Waals surface area contributed by atoms with E-state index < -0.39 is 17.9 Å². The van der Waals surface area contributed by atoms with Gasteiger partial charge in [-0.05, 0) is 12.8 Å². The highest BCUT2D eigenvalue weighted by atomic mass is 16.6. The van der Waals surface area contributed by atoms with Crippen LogP contribution in [0.25, 0.3) is 0 Å². The summed E-state index contributed by atoms with van der Waals surface area (Å²) in [6.45, 7) is 3.75. The van der Waals surface area contributed by atoms with Gasteiger partial charge in [-0.25, -0.2) is 0 Å². The number of carboxylic acid groups (broad SMARTS) is 1. The lowest BCUT2D eigenvalue weighted by atomic mass is 9.98. The van der Waals surface area contributed by atoms with E-state index in [1.165, 1.54) is 0 Å². The van der Waals surface area contributed by atoms with Crippen LogP contribution < -0.4 is 0 Å². The zero-order valence-corrected chi connectivity index (χ0v) is 10.6. The summed E-state index contributed by atoms with van der Waals surface area (Å²) in [5.41, 5.74) is 0.341. The van der Waals surface area contributed by atoms with E-state index in [0.29, 0.717) is 18.4 Å². The second-order valence-corrected chi connectivity index (χ2v) is 4.80. The van der Waals surface area contributed by atoms with Gasteiger partial charge in [-0.3, -0.25) is 4.79 Å². The summed E-state index contributed by atoms with van der Waals surface area (Å²) < 4.78 is 5.15. The molecular formula is C13H22O5. The molecule has 5 nitrogen and oxygen atoms in total.